The van der Waals surface area contributed by atoms with Crippen LogP contribution in [0.25, 0.3) is 10.1 Å². The average molecular weight is 409 g/mol. The monoisotopic (exact) mass is 408 g/mol. The summed E-state index contributed by atoms with van der Waals surface area (Å²) in [6.07, 6.45) is 1.08. The van der Waals surface area contributed by atoms with Crippen molar-refractivity contribution in [2.75, 3.05) is 40.3 Å². The number of carbonyl (C=O) groups is 1. The van der Waals surface area contributed by atoms with E-state index in [-0.39, 0.29) is 5.91 Å². The molecule has 1 unspecified atom stereocenters. The number of ether oxygens (including phenoxy) is 1. The van der Waals surface area contributed by atoms with E-state index in [2.05, 4.69) is 42.2 Å². The lowest BCUT2D eigenvalue weighted by molar-refractivity contribution is 0.0831. The van der Waals surface area contributed by atoms with Gasteiger partial charge in [0.25, 0.3) is 5.91 Å². The molecule has 29 heavy (non-hydrogen) atoms. The molecule has 5 heteroatoms. The molecule has 0 aliphatic carbocycles. The number of amides is 1. The maximum absolute atomic E-state index is 12.8. The smallest absolute Gasteiger partial charge is 0.263 e. The van der Waals surface area contributed by atoms with Crippen LogP contribution in [0.4, 0.5) is 0 Å². The molecule has 1 aliphatic heterocycles. The third kappa shape index (κ3) is 4.16. The van der Waals surface area contributed by atoms with Crippen LogP contribution in [0.2, 0.25) is 0 Å². The molecular formula is C24H28N2O2S. The van der Waals surface area contributed by atoms with Crippen LogP contribution >= 0.6 is 11.3 Å². The van der Waals surface area contributed by atoms with Crippen molar-refractivity contribution < 1.29 is 9.53 Å². The fourth-order valence-electron chi connectivity index (χ4n) is 4.11. The lowest BCUT2D eigenvalue weighted by Gasteiger charge is -2.18. The van der Waals surface area contributed by atoms with Gasteiger partial charge in [0.2, 0.25) is 0 Å². The van der Waals surface area contributed by atoms with Crippen molar-refractivity contribution in [2.45, 2.75) is 19.3 Å². The number of rotatable bonds is 6. The van der Waals surface area contributed by atoms with Crippen molar-refractivity contribution in [3.63, 3.8) is 0 Å². The number of aryl methyl sites for hydroxylation is 1. The molecule has 1 atom stereocenters. The van der Waals surface area contributed by atoms with Crippen LogP contribution in [0, 0.1) is 6.92 Å². The summed E-state index contributed by atoms with van der Waals surface area (Å²) < 4.78 is 7.19. The van der Waals surface area contributed by atoms with Crippen LogP contribution in [0.1, 0.15) is 33.1 Å². The Labute approximate surface area is 176 Å². The van der Waals surface area contributed by atoms with E-state index in [0.717, 1.165) is 36.7 Å². The molecule has 152 valence electrons. The molecule has 0 spiro atoms. The number of thiophene rings is 1. The highest BCUT2D eigenvalue weighted by atomic mass is 32.1. The summed E-state index contributed by atoms with van der Waals surface area (Å²) in [6, 6.07) is 16.6. The van der Waals surface area contributed by atoms with Gasteiger partial charge in [0.05, 0.1) is 4.88 Å². The summed E-state index contributed by atoms with van der Waals surface area (Å²) in [5.41, 5.74) is 2.41. The molecule has 3 aromatic rings. The van der Waals surface area contributed by atoms with Crippen LogP contribution in [0.5, 0.6) is 5.75 Å². The van der Waals surface area contributed by atoms with Crippen molar-refractivity contribution in [1.29, 1.82) is 0 Å². The number of hydrogen-bond acceptors (Lipinski definition) is 4. The van der Waals surface area contributed by atoms with E-state index in [1.807, 2.05) is 32.3 Å². The number of nitrogens with zero attached hydrogens (tertiary/aromatic N) is 2. The van der Waals surface area contributed by atoms with Crippen molar-refractivity contribution in [2.24, 2.45) is 0 Å². The number of fused-ring (bicyclic) bond motifs is 1. The topological polar surface area (TPSA) is 32.8 Å². The zero-order chi connectivity index (χ0) is 20.4. The summed E-state index contributed by atoms with van der Waals surface area (Å²) in [5, 5.41) is 1.24. The first-order chi connectivity index (χ1) is 14.0. The Morgan fingerprint density at radius 3 is 2.72 bits per heavy atom. The third-order valence-corrected chi connectivity index (χ3v) is 6.85. The summed E-state index contributed by atoms with van der Waals surface area (Å²) in [7, 11) is 3.67. The lowest BCUT2D eigenvalue weighted by atomic mass is 9.95. The van der Waals surface area contributed by atoms with E-state index in [0.29, 0.717) is 12.5 Å². The Bertz CT molecular complexity index is 1010. The Kier molecular flexibility index (Phi) is 5.88. The van der Waals surface area contributed by atoms with E-state index in [9.17, 15) is 4.79 Å². The molecule has 4 nitrogen and oxygen atoms in total. The molecule has 1 saturated heterocycles. The van der Waals surface area contributed by atoms with E-state index in [1.54, 1.807) is 16.2 Å². The molecule has 1 fully saturated rings. The lowest BCUT2D eigenvalue weighted by Crippen LogP contribution is -2.26. The van der Waals surface area contributed by atoms with Crippen LogP contribution in [0.15, 0.2) is 48.5 Å². The highest BCUT2D eigenvalue weighted by molar-refractivity contribution is 7.21. The number of carbonyl (C=O) groups excluding carboxylic acids is 1. The molecule has 2 heterocycles. The minimum absolute atomic E-state index is 0.113. The van der Waals surface area contributed by atoms with Gasteiger partial charge in [-0.25, -0.2) is 0 Å². The molecule has 1 amide bonds. The maximum Gasteiger partial charge on any atom is 0.263 e. The van der Waals surface area contributed by atoms with Crippen molar-refractivity contribution in [3.8, 4) is 5.75 Å². The number of hydrogen-bond donors (Lipinski definition) is 0. The molecule has 2 aromatic carbocycles. The molecular weight excluding hydrogens is 380 g/mol. The fourth-order valence-corrected chi connectivity index (χ4v) is 5.42. The summed E-state index contributed by atoms with van der Waals surface area (Å²) >= 11 is 1.63. The zero-order valence-corrected chi connectivity index (χ0v) is 18.2. The van der Waals surface area contributed by atoms with Gasteiger partial charge in [-0.05, 0) is 48.5 Å². The quantitative estimate of drug-likeness (QED) is 0.588. The second kappa shape index (κ2) is 8.56. The van der Waals surface area contributed by atoms with Gasteiger partial charge in [-0.1, -0.05) is 36.4 Å². The van der Waals surface area contributed by atoms with E-state index >= 15 is 0 Å². The molecule has 0 radical (unpaired) electrons. The SMILES string of the molecule is Cc1ccccc1OCCN1CCC(c2c(C(=O)N(C)C)sc3ccccc23)C1. The first kappa shape index (κ1) is 19.9. The van der Waals surface area contributed by atoms with E-state index in [1.165, 1.54) is 21.2 Å². The molecule has 0 saturated carbocycles. The van der Waals surface area contributed by atoms with Crippen LogP contribution in [-0.4, -0.2) is 56.0 Å². The Hall–Kier alpha value is -2.37. The van der Waals surface area contributed by atoms with Gasteiger partial charge in [-0.2, -0.15) is 0 Å². The Morgan fingerprint density at radius 2 is 1.93 bits per heavy atom. The molecule has 4 rings (SSSR count). The number of likely N-dealkylation sites (tertiary alicyclic amines) is 1. The van der Waals surface area contributed by atoms with Gasteiger partial charge >= 0.3 is 0 Å². The highest BCUT2D eigenvalue weighted by Crippen LogP contribution is 2.40. The van der Waals surface area contributed by atoms with Crippen LogP contribution < -0.4 is 4.74 Å². The predicted molar refractivity (Wildman–Crippen MR) is 120 cm³/mol. The summed E-state index contributed by atoms with van der Waals surface area (Å²) in [6.45, 7) is 5.69. The number of benzene rings is 2. The van der Waals surface area contributed by atoms with E-state index in [4.69, 9.17) is 4.74 Å². The molecule has 0 bridgehead atoms. The molecule has 0 N–H and O–H groups in total. The van der Waals surface area contributed by atoms with Gasteiger partial charge in [-0.3, -0.25) is 9.69 Å². The van der Waals surface area contributed by atoms with Crippen molar-refractivity contribution in [3.05, 3.63) is 64.5 Å². The minimum atomic E-state index is 0.113. The summed E-state index contributed by atoms with van der Waals surface area (Å²) in [4.78, 5) is 17.9. The van der Waals surface area contributed by atoms with Crippen LogP contribution in [-0.2, 0) is 0 Å². The van der Waals surface area contributed by atoms with Crippen LogP contribution in [0.3, 0.4) is 0 Å². The van der Waals surface area contributed by atoms with Crippen molar-refractivity contribution >= 4 is 27.3 Å². The number of para-hydroxylation sites is 1. The predicted octanol–water partition coefficient (Wildman–Crippen LogP) is 4.78. The summed E-state index contributed by atoms with van der Waals surface area (Å²) in [5.74, 6) is 1.47. The highest BCUT2D eigenvalue weighted by Gasteiger charge is 2.30. The second-order valence-electron chi connectivity index (χ2n) is 7.94. The second-order valence-corrected chi connectivity index (χ2v) is 8.99. The molecule has 1 aliphatic rings. The van der Waals surface area contributed by atoms with Gasteiger partial charge < -0.3 is 9.64 Å². The van der Waals surface area contributed by atoms with E-state index < -0.39 is 0 Å². The average Bonchev–Trinajstić information content (AvgIpc) is 3.33. The third-order valence-electron chi connectivity index (χ3n) is 5.67. The van der Waals surface area contributed by atoms with Gasteiger partial charge in [0.1, 0.15) is 12.4 Å². The van der Waals surface area contributed by atoms with Gasteiger partial charge in [0.15, 0.2) is 0 Å². The normalized spacial score (nSPS) is 17.0. The largest absolute Gasteiger partial charge is 0.492 e. The zero-order valence-electron chi connectivity index (χ0n) is 17.4. The Balaban J connectivity index is 1.47. The Morgan fingerprint density at radius 1 is 1.17 bits per heavy atom. The first-order valence-corrected chi connectivity index (χ1v) is 11.0. The van der Waals surface area contributed by atoms with Gasteiger partial charge in [0, 0.05) is 37.8 Å². The molecule has 1 aromatic heterocycles. The first-order valence-electron chi connectivity index (χ1n) is 10.2. The fraction of sp³-hybridized carbons (Fsp3) is 0.375. The maximum atomic E-state index is 12.8. The van der Waals surface area contributed by atoms with Crippen molar-refractivity contribution in [1.82, 2.24) is 9.80 Å². The minimum Gasteiger partial charge on any atom is -0.492 e. The standard InChI is InChI=1S/C24H28N2O2S/c1-17-8-4-6-10-20(17)28-15-14-26-13-12-18(16-26)22-19-9-5-7-11-21(19)29-23(22)24(27)25(2)3/h4-11,18H,12-16H2,1-3H3. The van der Waals surface area contributed by atoms with Gasteiger partial charge in [-0.15, -0.1) is 11.3 Å².